The molecule has 1 aromatic rings. The quantitative estimate of drug-likeness (QED) is 0.876. The summed E-state index contributed by atoms with van der Waals surface area (Å²) in [5.41, 5.74) is 0.466. The summed E-state index contributed by atoms with van der Waals surface area (Å²) in [6.45, 7) is 5.31. The summed E-state index contributed by atoms with van der Waals surface area (Å²) in [7, 11) is 1.61. The fraction of sp³-hybridized carbons (Fsp3) is 0.500. The lowest BCUT2D eigenvalue weighted by Gasteiger charge is -2.19. The molecule has 0 atom stereocenters. The lowest BCUT2D eigenvalue weighted by molar-refractivity contribution is -0.118. The van der Waals surface area contributed by atoms with Crippen LogP contribution in [0.2, 0.25) is 0 Å². The average molecular weight is 293 g/mol. The van der Waals surface area contributed by atoms with Gasteiger partial charge in [0.1, 0.15) is 11.4 Å². The molecule has 1 rings (SSSR count). The topological polar surface area (TPSA) is 64.6 Å². The van der Waals surface area contributed by atoms with Crippen LogP contribution in [0.3, 0.4) is 0 Å². The van der Waals surface area contributed by atoms with Crippen LogP contribution in [-0.4, -0.2) is 31.1 Å². The van der Waals surface area contributed by atoms with Crippen LogP contribution in [0.5, 0.6) is 5.75 Å². The molecule has 5 heteroatoms. The zero-order valence-corrected chi connectivity index (χ0v) is 13.1. The zero-order valence-electron chi connectivity index (χ0n) is 13.1. The Morgan fingerprint density at radius 1 is 1.24 bits per heavy atom. The normalized spacial score (nSPS) is 10.9. The Kier molecular flexibility index (Phi) is 6.21. The minimum Gasteiger partial charge on any atom is -0.497 e. The number of hydrogen-bond donors (Lipinski definition) is 1. The van der Waals surface area contributed by atoms with Gasteiger partial charge in [-0.15, -0.1) is 0 Å². The van der Waals surface area contributed by atoms with E-state index in [4.69, 9.17) is 9.47 Å². The van der Waals surface area contributed by atoms with Crippen molar-refractivity contribution in [2.24, 2.45) is 0 Å². The van der Waals surface area contributed by atoms with Crippen molar-refractivity contribution < 1.29 is 19.1 Å². The number of benzene rings is 1. The van der Waals surface area contributed by atoms with Crippen molar-refractivity contribution >= 4 is 11.9 Å². The van der Waals surface area contributed by atoms with Crippen molar-refractivity contribution in [2.45, 2.75) is 39.2 Å². The Hall–Kier alpha value is -2.04. The first kappa shape index (κ1) is 17.0. The van der Waals surface area contributed by atoms with E-state index in [1.165, 1.54) is 0 Å². The molecular weight excluding hydrogens is 270 g/mol. The number of nitrogens with one attached hydrogen (secondary N) is 1. The van der Waals surface area contributed by atoms with Crippen molar-refractivity contribution in [3.63, 3.8) is 0 Å². The molecule has 0 aliphatic rings. The first-order chi connectivity index (χ1) is 9.80. The molecule has 0 aromatic heterocycles. The van der Waals surface area contributed by atoms with Crippen molar-refractivity contribution in [1.29, 1.82) is 0 Å². The highest BCUT2D eigenvalue weighted by atomic mass is 16.6. The molecule has 0 heterocycles. The van der Waals surface area contributed by atoms with Crippen LogP contribution >= 0.6 is 0 Å². The molecule has 0 aliphatic heterocycles. The predicted octanol–water partition coefficient (Wildman–Crippen LogP) is 2.72. The summed E-state index contributed by atoms with van der Waals surface area (Å²) in [6.07, 6.45) is 0.409. The van der Waals surface area contributed by atoms with Crippen LogP contribution in [-0.2, 0) is 16.0 Å². The molecule has 0 saturated heterocycles. The number of amides is 1. The van der Waals surface area contributed by atoms with Crippen molar-refractivity contribution in [1.82, 2.24) is 5.32 Å². The molecule has 116 valence electrons. The maximum absolute atomic E-state index is 11.7. The highest BCUT2D eigenvalue weighted by Crippen LogP contribution is 2.14. The van der Waals surface area contributed by atoms with Gasteiger partial charge in [-0.1, -0.05) is 12.1 Å². The minimum atomic E-state index is -0.572. The summed E-state index contributed by atoms with van der Waals surface area (Å²) in [4.78, 5) is 23.2. The second-order valence-electron chi connectivity index (χ2n) is 5.75. The third-order valence-corrected chi connectivity index (χ3v) is 2.66. The summed E-state index contributed by atoms with van der Waals surface area (Å²) in [5, 5.41) is 2.46. The lowest BCUT2D eigenvalue weighted by atomic mass is 10.1. The van der Waals surface area contributed by atoms with Gasteiger partial charge < -0.3 is 14.8 Å². The number of carbonyl (C=O) groups excluding carboxylic acids is 2. The highest BCUT2D eigenvalue weighted by molar-refractivity contribution is 5.84. The molecule has 0 radical (unpaired) electrons. The Balaban J connectivity index is 2.32. The molecular formula is C16H23NO4. The molecule has 1 N–H and O–H groups in total. The van der Waals surface area contributed by atoms with Crippen molar-refractivity contribution in [3.05, 3.63) is 29.8 Å². The Labute approximate surface area is 125 Å². The SMILES string of the molecule is COc1cccc(CCC(=O)CNC(=O)OC(C)(C)C)c1. The third-order valence-electron chi connectivity index (χ3n) is 2.66. The standard InChI is InChI=1S/C16H23NO4/c1-16(2,3)21-15(19)17-11-13(18)9-8-12-6-5-7-14(10-12)20-4/h5-7,10H,8-9,11H2,1-4H3,(H,17,19). The molecule has 0 fully saturated rings. The molecule has 0 spiro atoms. The van der Waals surface area contributed by atoms with Gasteiger partial charge in [-0.25, -0.2) is 4.79 Å². The first-order valence-electron chi connectivity index (χ1n) is 6.91. The Morgan fingerprint density at radius 2 is 1.95 bits per heavy atom. The zero-order chi connectivity index (χ0) is 15.9. The van der Waals surface area contributed by atoms with E-state index in [0.29, 0.717) is 12.8 Å². The van der Waals surface area contributed by atoms with Gasteiger partial charge in [-0.05, 0) is 44.9 Å². The second-order valence-corrected chi connectivity index (χ2v) is 5.75. The average Bonchev–Trinajstić information content (AvgIpc) is 2.41. The molecule has 0 bridgehead atoms. The van der Waals surface area contributed by atoms with Gasteiger partial charge in [0.05, 0.1) is 13.7 Å². The van der Waals surface area contributed by atoms with Gasteiger partial charge in [0.15, 0.2) is 5.78 Å². The summed E-state index contributed by atoms with van der Waals surface area (Å²) >= 11 is 0. The maximum atomic E-state index is 11.7. The fourth-order valence-corrected chi connectivity index (χ4v) is 1.69. The van der Waals surface area contributed by atoms with Gasteiger partial charge in [0, 0.05) is 6.42 Å². The number of rotatable bonds is 6. The number of ketones is 1. The predicted molar refractivity (Wildman–Crippen MR) is 80.6 cm³/mol. The molecule has 0 unspecified atom stereocenters. The number of ether oxygens (including phenoxy) is 2. The van der Waals surface area contributed by atoms with E-state index >= 15 is 0 Å². The molecule has 21 heavy (non-hydrogen) atoms. The molecule has 5 nitrogen and oxygen atoms in total. The number of methoxy groups -OCH3 is 1. The number of hydrogen-bond acceptors (Lipinski definition) is 4. The molecule has 1 aromatic carbocycles. The number of Topliss-reactive ketones (excluding diaryl/α,β-unsaturated/α-hetero) is 1. The van der Waals surface area contributed by atoms with E-state index in [0.717, 1.165) is 11.3 Å². The van der Waals surface area contributed by atoms with E-state index in [1.807, 2.05) is 24.3 Å². The van der Waals surface area contributed by atoms with Crippen LogP contribution in [0.25, 0.3) is 0 Å². The molecule has 0 saturated carbocycles. The summed E-state index contributed by atoms with van der Waals surface area (Å²) in [5.74, 6) is 0.732. The lowest BCUT2D eigenvalue weighted by Crippen LogP contribution is -2.35. The maximum Gasteiger partial charge on any atom is 0.408 e. The van der Waals surface area contributed by atoms with E-state index in [2.05, 4.69) is 5.32 Å². The van der Waals surface area contributed by atoms with Crippen molar-refractivity contribution in [2.75, 3.05) is 13.7 Å². The molecule has 0 aliphatic carbocycles. The van der Waals surface area contributed by atoms with E-state index in [9.17, 15) is 9.59 Å². The van der Waals surface area contributed by atoms with Crippen LogP contribution in [0.4, 0.5) is 4.79 Å². The van der Waals surface area contributed by atoms with Crippen LogP contribution in [0.15, 0.2) is 24.3 Å². The van der Waals surface area contributed by atoms with Gasteiger partial charge >= 0.3 is 6.09 Å². The van der Waals surface area contributed by atoms with E-state index in [1.54, 1.807) is 27.9 Å². The van der Waals surface area contributed by atoms with E-state index in [-0.39, 0.29) is 12.3 Å². The van der Waals surface area contributed by atoms with Gasteiger partial charge in [0.25, 0.3) is 0 Å². The van der Waals surface area contributed by atoms with Crippen molar-refractivity contribution in [3.8, 4) is 5.75 Å². The highest BCUT2D eigenvalue weighted by Gasteiger charge is 2.16. The third kappa shape index (κ3) is 7.34. The summed E-state index contributed by atoms with van der Waals surface area (Å²) in [6, 6.07) is 7.58. The van der Waals surface area contributed by atoms with Crippen LogP contribution in [0, 0.1) is 0 Å². The smallest absolute Gasteiger partial charge is 0.408 e. The van der Waals surface area contributed by atoms with Gasteiger partial charge in [-0.2, -0.15) is 0 Å². The van der Waals surface area contributed by atoms with E-state index < -0.39 is 11.7 Å². The Bertz CT molecular complexity index is 491. The second kappa shape index (κ2) is 7.67. The van der Waals surface area contributed by atoms with Crippen LogP contribution in [0.1, 0.15) is 32.8 Å². The first-order valence-corrected chi connectivity index (χ1v) is 6.91. The number of carbonyl (C=O) groups is 2. The largest absolute Gasteiger partial charge is 0.497 e. The minimum absolute atomic E-state index is 0.0150. The number of aryl methyl sites for hydroxylation is 1. The Morgan fingerprint density at radius 3 is 2.57 bits per heavy atom. The molecule has 1 amide bonds. The number of alkyl carbamates (subject to hydrolysis) is 1. The summed E-state index contributed by atoms with van der Waals surface area (Å²) < 4.78 is 10.2. The van der Waals surface area contributed by atoms with Crippen LogP contribution < -0.4 is 10.1 Å². The van der Waals surface area contributed by atoms with Gasteiger partial charge in [-0.3, -0.25) is 4.79 Å². The monoisotopic (exact) mass is 293 g/mol. The fourth-order valence-electron chi connectivity index (χ4n) is 1.69. The van der Waals surface area contributed by atoms with Gasteiger partial charge in [0.2, 0.25) is 0 Å².